The van der Waals surface area contributed by atoms with Crippen LogP contribution in [0.5, 0.6) is 5.75 Å². The number of anilines is 1. The van der Waals surface area contributed by atoms with Crippen molar-refractivity contribution in [3.8, 4) is 11.4 Å². The average Bonchev–Trinajstić information content (AvgIpc) is 3.76. The maximum atomic E-state index is 13.2. The number of aromatic nitrogens is 4. The summed E-state index contributed by atoms with van der Waals surface area (Å²) < 4.78 is 10.1. The molecule has 0 saturated carbocycles. The number of rotatable bonds is 12. The van der Waals surface area contributed by atoms with E-state index in [4.69, 9.17) is 9.72 Å². The molecule has 0 radical (unpaired) electrons. The van der Waals surface area contributed by atoms with Gasteiger partial charge in [-0.15, -0.1) is 21.5 Å². The monoisotopic (exact) mass is 727 g/mol. The highest BCUT2D eigenvalue weighted by Crippen LogP contribution is 2.43. The zero-order valence-corrected chi connectivity index (χ0v) is 31.0. The lowest BCUT2D eigenvalue weighted by Gasteiger charge is -2.19. The van der Waals surface area contributed by atoms with Gasteiger partial charge < -0.3 is 10.1 Å². The number of hydrogen-bond acceptors (Lipinski definition) is 8. The molecule has 1 amide bonds. The molecule has 0 aliphatic heterocycles. The minimum absolute atomic E-state index is 0.0660. The van der Waals surface area contributed by atoms with Crippen LogP contribution in [0.4, 0.5) is 5.69 Å². The van der Waals surface area contributed by atoms with Crippen LogP contribution in [0.15, 0.2) is 143 Å². The molecule has 256 valence electrons. The van der Waals surface area contributed by atoms with Crippen LogP contribution in [0, 0.1) is 0 Å². The van der Waals surface area contributed by atoms with Crippen molar-refractivity contribution >= 4 is 56.7 Å². The molecule has 0 aliphatic carbocycles. The van der Waals surface area contributed by atoms with Gasteiger partial charge in [0.1, 0.15) is 12.4 Å². The second-order valence-corrected chi connectivity index (χ2v) is 16.3. The molecular weight excluding hydrogens is 691 g/mol. The van der Waals surface area contributed by atoms with Gasteiger partial charge in [-0.1, -0.05) is 135 Å². The van der Waals surface area contributed by atoms with Gasteiger partial charge in [-0.05, 0) is 64.6 Å². The fourth-order valence-electron chi connectivity index (χ4n) is 5.57. The largest absolute Gasteiger partial charge is 0.486 e. The van der Waals surface area contributed by atoms with Crippen molar-refractivity contribution in [3.05, 3.63) is 156 Å². The molecule has 0 saturated heterocycles. The standard InChI is InChI=1S/C41H37N5O2S3/c1-41(2,3)30-19-22-33(23-20-30)48-26-36-44-45-39(46(36)32-17-11-6-12-18-32)49-27-37(47)42-31-21-24-34-35(25-31)50-40(43-34)51-38(28-13-7-4-8-14-28)29-15-9-5-10-16-29/h4-25,38H,26-27H2,1-3H3,(H,42,47). The van der Waals surface area contributed by atoms with Gasteiger partial charge in [-0.25, -0.2) is 4.98 Å². The van der Waals surface area contributed by atoms with Crippen molar-refractivity contribution in [2.24, 2.45) is 0 Å². The number of carbonyl (C=O) groups is 1. The Kier molecular flexibility index (Phi) is 10.5. The van der Waals surface area contributed by atoms with E-state index in [0.29, 0.717) is 11.0 Å². The molecule has 7 nitrogen and oxygen atoms in total. The average molecular weight is 728 g/mol. The molecule has 0 fully saturated rings. The zero-order valence-electron chi connectivity index (χ0n) is 28.5. The predicted molar refractivity (Wildman–Crippen MR) is 210 cm³/mol. The lowest BCUT2D eigenvalue weighted by Crippen LogP contribution is -2.14. The molecule has 51 heavy (non-hydrogen) atoms. The van der Waals surface area contributed by atoms with Gasteiger partial charge in [0, 0.05) is 11.4 Å². The van der Waals surface area contributed by atoms with Gasteiger partial charge in [0.05, 0.1) is 21.2 Å². The molecular formula is C41H37N5O2S3. The van der Waals surface area contributed by atoms with Crippen LogP contribution >= 0.6 is 34.9 Å². The Bertz CT molecular complexity index is 2180. The Hall–Kier alpha value is -4.90. The summed E-state index contributed by atoms with van der Waals surface area (Å²) in [4.78, 5) is 18.1. The van der Waals surface area contributed by atoms with Crippen LogP contribution < -0.4 is 10.1 Å². The van der Waals surface area contributed by atoms with Crippen molar-refractivity contribution in [2.75, 3.05) is 11.1 Å². The highest BCUT2D eigenvalue weighted by molar-refractivity contribution is 8.01. The number of para-hydroxylation sites is 1. The molecule has 10 heteroatoms. The summed E-state index contributed by atoms with van der Waals surface area (Å²) in [5.41, 5.74) is 6.30. The molecule has 0 unspecified atom stereocenters. The Morgan fingerprint density at radius 1 is 0.824 bits per heavy atom. The number of hydrogen-bond donors (Lipinski definition) is 1. The third-order valence-electron chi connectivity index (χ3n) is 8.21. The van der Waals surface area contributed by atoms with E-state index in [1.807, 2.05) is 77.4 Å². The van der Waals surface area contributed by atoms with Crippen molar-refractivity contribution in [2.45, 2.75) is 47.5 Å². The van der Waals surface area contributed by atoms with E-state index in [2.05, 4.69) is 96.9 Å². The highest BCUT2D eigenvalue weighted by Gasteiger charge is 2.20. The Morgan fingerprint density at radius 2 is 1.47 bits per heavy atom. The van der Waals surface area contributed by atoms with Crippen molar-refractivity contribution < 1.29 is 9.53 Å². The summed E-state index contributed by atoms with van der Waals surface area (Å²) in [7, 11) is 0. The first-order valence-corrected chi connectivity index (χ1v) is 19.3. The molecule has 2 heterocycles. The number of carbonyl (C=O) groups excluding carboxylic acids is 1. The lowest BCUT2D eigenvalue weighted by atomic mass is 9.87. The Balaban J connectivity index is 1.02. The first-order valence-electron chi connectivity index (χ1n) is 16.6. The van der Waals surface area contributed by atoms with Crippen molar-refractivity contribution in [1.82, 2.24) is 19.7 Å². The number of nitrogens with zero attached hydrogens (tertiary/aromatic N) is 4. The first-order chi connectivity index (χ1) is 24.8. The van der Waals surface area contributed by atoms with E-state index >= 15 is 0 Å². The van der Waals surface area contributed by atoms with E-state index < -0.39 is 0 Å². The summed E-state index contributed by atoms with van der Waals surface area (Å²) in [6.07, 6.45) is 0. The third-order valence-corrected chi connectivity index (χ3v) is 11.6. The normalized spacial score (nSPS) is 11.6. The summed E-state index contributed by atoms with van der Waals surface area (Å²) in [5, 5.41) is 12.7. The van der Waals surface area contributed by atoms with E-state index in [0.717, 1.165) is 31.7 Å². The number of ether oxygens (including phenoxy) is 1. The second-order valence-electron chi connectivity index (χ2n) is 13.0. The van der Waals surface area contributed by atoms with Gasteiger partial charge in [0.25, 0.3) is 0 Å². The van der Waals surface area contributed by atoms with Crippen molar-refractivity contribution in [1.29, 1.82) is 0 Å². The van der Waals surface area contributed by atoms with Gasteiger partial charge in [-0.2, -0.15) is 0 Å². The summed E-state index contributed by atoms with van der Waals surface area (Å²) in [6.45, 7) is 6.80. The number of thioether (sulfide) groups is 2. The van der Waals surface area contributed by atoms with Crippen LogP contribution in [0.25, 0.3) is 15.9 Å². The number of thiazole rings is 1. The topological polar surface area (TPSA) is 81.9 Å². The number of amides is 1. The quantitative estimate of drug-likeness (QED) is 0.126. The fraction of sp³-hybridized carbons (Fsp3) is 0.171. The molecule has 7 aromatic rings. The fourth-order valence-corrected chi connectivity index (χ4v) is 8.76. The third kappa shape index (κ3) is 8.53. The van der Waals surface area contributed by atoms with E-state index in [9.17, 15) is 4.79 Å². The molecule has 0 atom stereocenters. The molecule has 0 bridgehead atoms. The maximum Gasteiger partial charge on any atom is 0.234 e. The van der Waals surface area contributed by atoms with Crippen LogP contribution in [0.2, 0.25) is 0 Å². The highest BCUT2D eigenvalue weighted by atomic mass is 32.2. The number of fused-ring (bicyclic) bond motifs is 1. The number of nitrogens with one attached hydrogen (secondary N) is 1. The molecule has 2 aromatic heterocycles. The van der Waals surface area contributed by atoms with Crippen LogP contribution in [-0.4, -0.2) is 31.4 Å². The number of benzene rings is 5. The minimum atomic E-state index is -0.133. The Morgan fingerprint density at radius 3 is 2.12 bits per heavy atom. The maximum absolute atomic E-state index is 13.2. The molecule has 7 rings (SSSR count). The SMILES string of the molecule is CC(C)(C)c1ccc(OCc2nnc(SCC(=O)Nc3ccc4nc(SC(c5ccccc5)c5ccccc5)sc4c3)n2-c2ccccc2)cc1. The smallest absolute Gasteiger partial charge is 0.234 e. The lowest BCUT2D eigenvalue weighted by molar-refractivity contribution is -0.113. The van der Waals surface area contributed by atoms with Gasteiger partial charge in [0.15, 0.2) is 15.3 Å². The predicted octanol–water partition coefficient (Wildman–Crippen LogP) is 10.4. The van der Waals surface area contributed by atoms with Gasteiger partial charge in [-0.3, -0.25) is 9.36 Å². The molecule has 1 N–H and O–H groups in total. The van der Waals surface area contributed by atoms with Crippen molar-refractivity contribution in [3.63, 3.8) is 0 Å². The van der Waals surface area contributed by atoms with E-state index in [-0.39, 0.29) is 28.9 Å². The zero-order chi connectivity index (χ0) is 35.2. The summed E-state index contributed by atoms with van der Waals surface area (Å²) in [6, 6.07) is 44.9. The van der Waals surface area contributed by atoms with Crippen LogP contribution in [-0.2, 0) is 16.8 Å². The second kappa shape index (κ2) is 15.6. The first kappa shape index (κ1) is 34.5. The van der Waals surface area contributed by atoms with Gasteiger partial charge in [0.2, 0.25) is 5.91 Å². The van der Waals surface area contributed by atoms with Crippen LogP contribution in [0.1, 0.15) is 48.5 Å². The molecule has 0 aliphatic rings. The van der Waals surface area contributed by atoms with E-state index in [1.54, 1.807) is 23.1 Å². The van der Waals surface area contributed by atoms with Crippen LogP contribution in [0.3, 0.4) is 0 Å². The summed E-state index contributed by atoms with van der Waals surface area (Å²) in [5.74, 6) is 1.44. The van der Waals surface area contributed by atoms with Gasteiger partial charge >= 0.3 is 0 Å². The molecule has 5 aromatic carbocycles. The van der Waals surface area contributed by atoms with E-state index in [1.165, 1.54) is 28.5 Å². The minimum Gasteiger partial charge on any atom is -0.486 e. The Labute approximate surface area is 310 Å². The molecule has 0 spiro atoms. The summed E-state index contributed by atoms with van der Waals surface area (Å²) >= 11 is 4.71.